The van der Waals surface area contributed by atoms with Gasteiger partial charge in [0.05, 0.1) is 24.0 Å². The van der Waals surface area contributed by atoms with Crippen molar-refractivity contribution in [3.05, 3.63) is 36.4 Å². The van der Waals surface area contributed by atoms with Gasteiger partial charge in [-0.25, -0.2) is 9.37 Å². The van der Waals surface area contributed by atoms with Gasteiger partial charge < -0.3 is 10.6 Å². The zero-order valence-corrected chi connectivity index (χ0v) is 11.2. The summed E-state index contributed by atoms with van der Waals surface area (Å²) in [4.78, 5) is 25.8. The van der Waals surface area contributed by atoms with Gasteiger partial charge in [-0.1, -0.05) is 0 Å². The summed E-state index contributed by atoms with van der Waals surface area (Å²) in [6.45, 7) is 0.761. The third-order valence-corrected chi connectivity index (χ3v) is 3.42. The summed E-state index contributed by atoms with van der Waals surface area (Å²) in [5, 5.41) is 0. The molecule has 3 rings (SSSR count). The van der Waals surface area contributed by atoms with E-state index in [0.29, 0.717) is 30.0 Å². The topological polar surface area (TPSA) is 85.0 Å². The zero-order chi connectivity index (χ0) is 14.8. The molecule has 0 saturated carbocycles. The molecule has 0 bridgehead atoms. The lowest BCUT2D eigenvalue weighted by Gasteiger charge is -2.19. The van der Waals surface area contributed by atoms with Crippen LogP contribution in [0.5, 0.6) is 0 Å². The summed E-state index contributed by atoms with van der Waals surface area (Å²) in [6, 6.07) is 1.63. The van der Waals surface area contributed by atoms with Crippen LogP contribution in [0.25, 0.3) is 11.3 Å². The van der Waals surface area contributed by atoms with Crippen LogP contribution in [0, 0.1) is 0 Å². The number of amides is 1. The van der Waals surface area contributed by atoms with Crippen molar-refractivity contribution < 1.29 is 9.18 Å². The van der Waals surface area contributed by atoms with Crippen molar-refractivity contribution in [3.63, 3.8) is 0 Å². The Morgan fingerprint density at radius 1 is 1.33 bits per heavy atom. The normalized spacial score (nSPS) is 18.0. The first-order valence-electron chi connectivity index (χ1n) is 6.60. The standard InChI is InChI=1S/C14H14FN5O/c15-10-1-4-20(8-10)14-11(13(16)21)5-9(6-19-14)12-7-17-2-3-18-12/h2-3,5-7,10H,1,4,8H2,(H2,16,21). The number of halogens is 1. The molecule has 7 heteroatoms. The van der Waals surface area contributed by atoms with E-state index >= 15 is 0 Å². The number of carbonyl (C=O) groups is 1. The molecule has 1 unspecified atom stereocenters. The number of hydrogen-bond acceptors (Lipinski definition) is 5. The first-order valence-corrected chi connectivity index (χ1v) is 6.60. The highest BCUT2D eigenvalue weighted by Crippen LogP contribution is 2.26. The molecule has 1 aliphatic rings. The molecule has 0 aromatic carbocycles. The number of rotatable bonds is 3. The van der Waals surface area contributed by atoms with Crippen molar-refractivity contribution in [2.45, 2.75) is 12.6 Å². The van der Waals surface area contributed by atoms with Gasteiger partial charge in [-0.3, -0.25) is 14.8 Å². The van der Waals surface area contributed by atoms with E-state index in [4.69, 9.17) is 5.73 Å². The van der Waals surface area contributed by atoms with Gasteiger partial charge in [-0.15, -0.1) is 0 Å². The third-order valence-electron chi connectivity index (χ3n) is 3.42. The molecule has 108 valence electrons. The molecule has 6 nitrogen and oxygen atoms in total. The molecule has 2 aromatic heterocycles. The summed E-state index contributed by atoms with van der Waals surface area (Å²) < 4.78 is 13.3. The van der Waals surface area contributed by atoms with E-state index in [2.05, 4.69) is 15.0 Å². The summed E-state index contributed by atoms with van der Waals surface area (Å²) in [6.07, 6.45) is 5.83. The van der Waals surface area contributed by atoms with Crippen LogP contribution in [0.15, 0.2) is 30.9 Å². The number of carbonyl (C=O) groups excluding carboxylic acids is 1. The van der Waals surface area contributed by atoms with Crippen LogP contribution in [0.1, 0.15) is 16.8 Å². The zero-order valence-electron chi connectivity index (χ0n) is 11.2. The second-order valence-electron chi connectivity index (χ2n) is 4.88. The van der Waals surface area contributed by atoms with Gasteiger partial charge in [-0.05, 0) is 12.5 Å². The minimum Gasteiger partial charge on any atom is -0.365 e. The Balaban J connectivity index is 2.01. The van der Waals surface area contributed by atoms with E-state index in [0.717, 1.165) is 0 Å². The van der Waals surface area contributed by atoms with Crippen molar-refractivity contribution in [3.8, 4) is 11.3 Å². The highest BCUT2D eigenvalue weighted by atomic mass is 19.1. The average molecular weight is 287 g/mol. The van der Waals surface area contributed by atoms with Crippen LogP contribution in [0.3, 0.4) is 0 Å². The predicted molar refractivity (Wildman–Crippen MR) is 75.5 cm³/mol. The lowest BCUT2D eigenvalue weighted by atomic mass is 10.1. The van der Waals surface area contributed by atoms with Gasteiger partial charge in [0.15, 0.2) is 0 Å². The molecule has 1 saturated heterocycles. The Kier molecular flexibility index (Phi) is 3.47. The Labute approximate surface area is 120 Å². The minimum atomic E-state index is -0.896. The van der Waals surface area contributed by atoms with Crippen LogP contribution in [-0.2, 0) is 0 Å². The lowest BCUT2D eigenvalue weighted by molar-refractivity contribution is 0.100. The second-order valence-corrected chi connectivity index (χ2v) is 4.88. The SMILES string of the molecule is NC(=O)c1cc(-c2cnccn2)cnc1N1CCC(F)C1. The van der Waals surface area contributed by atoms with E-state index < -0.39 is 12.1 Å². The van der Waals surface area contributed by atoms with E-state index in [1.807, 2.05) is 0 Å². The molecule has 3 heterocycles. The van der Waals surface area contributed by atoms with Gasteiger partial charge in [-0.2, -0.15) is 0 Å². The van der Waals surface area contributed by atoms with Gasteiger partial charge in [0.1, 0.15) is 12.0 Å². The largest absolute Gasteiger partial charge is 0.365 e. The van der Waals surface area contributed by atoms with E-state index in [1.54, 1.807) is 35.8 Å². The Bertz CT molecular complexity index is 664. The maximum absolute atomic E-state index is 13.3. The summed E-state index contributed by atoms with van der Waals surface area (Å²) >= 11 is 0. The summed E-state index contributed by atoms with van der Waals surface area (Å²) in [7, 11) is 0. The predicted octanol–water partition coefficient (Wildman–Crippen LogP) is 1.19. The van der Waals surface area contributed by atoms with Crippen LogP contribution in [0.4, 0.5) is 10.2 Å². The Hall–Kier alpha value is -2.57. The number of nitrogens with zero attached hydrogens (tertiary/aromatic N) is 4. The van der Waals surface area contributed by atoms with Crippen molar-refractivity contribution in [1.29, 1.82) is 0 Å². The number of pyridine rings is 1. The second kappa shape index (κ2) is 5.43. The van der Waals surface area contributed by atoms with Crippen molar-refractivity contribution in [2.75, 3.05) is 18.0 Å². The number of alkyl halides is 1. The molecule has 2 aromatic rings. The molecular weight excluding hydrogens is 273 g/mol. The Morgan fingerprint density at radius 2 is 2.19 bits per heavy atom. The number of aromatic nitrogens is 3. The first-order chi connectivity index (χ1) is 10.1. The van der Waals surface area contributed by atoms with E-state index in [1.165, 1.54) is 0 Å². The van der Waals surface area contributed by atoms with Gasteiger partial charge in [0, 0.05) is 30.7 Å². The molecule has 2 N–H and O–H groups in total. The van der Waals surface area contributed by atoms with Crippen molar-refractivity contribution >= 4 is 11.7 Å². The van der Waals surface area contributed by atoms with Crippen molar-refractivity contribution in [2.24, 2.45) is 5.73 Å². The number of hydrogen-bond donors (Lipinski definition) is 1. The summed E-state index contributed by atoms with van der Waals surface area (Å²) in [5.74, 6) is -0.166. The molecule has 1 aliphatic heterocycles. The molecule has 1 amide bonds. The molecule has 0 radical (unpaired) electrons. The maximum atomic E-state index is 13.3. The maximum Gasteiger partial charge on any atom is 0.252 e. The fourth-order valence-corrected chi connectivity index (χ4v) is 2.39. The minimum absolute atomic E-state index is 0.234. The van der Waals surface area contributed by atoms with Crippen LogP contribution < -0.4 is 10.6 Å². The molecule has 0 aliphatic carbocycles. The monoisotopic (exact) mass is 287 g/mol. The van der Waals surface area contributed by atoms with Crippen LogP contribution >= 0.6 is 0 Å². The smallest absolute Gasteiger partial charge is 0.252 e. The first kappa shape index (κ1) is 13.4. The quantitative estimate of drug-likeness (QED) is 0.916. The van der Waals surface area contributed by atoms with E-state index in [9.17, 15) is 9.18 Å². The van der Waals surface area contributed by atoms with E-state index in [-0.39, 0.29) is 12.1 Å². The summed E-state index contributed by atoms with van der Waals surface area (Å²) in [5.41, 5.74) is 6.95. The van der Waals surface area contributed by atoms with Gasteiger partial charge >= 0.3 is 0 Å². The van der Waals surface area contributed by atoms with Crippen LogP contribution in [0.2, 0.25) is 0 Å². The fourth-order valence-electron chi connectivity index (χ4n) is 2.39. The number of nitrogens with two attached hydrogens (primary N) is 1. The lowest BCUT2D eigenvalue weighted by Crippen LogP contribution is -2.25. The molecule has 21 heavy (non-hydrogen) atoms. The fraction of sp³-hybridized carbons (Fsp3) is 0.286. The molecular formula is C14H14FN5O. The van der Waals surface area contributed by atoms with Crippen LogP contribution in [-0.4, -0.2) is 40.1 Å². The Morgan fingerprint density at radius 3 is 2.81 bits per heavy atom. The van der Waals surface area contributed by atoms with Gasteiger partial charge in [0.2, 0.25) is 0 Å². The average Bonchev–Trinajstić information content (AvgIpc) is 2.94. The van der Waals surface area contributed by atoms with Crippen molar-refractivity contribution in [1.82, 2.24) is 15.0 Å². The molecule has 1 fully saturated rings. The van der Waals surface area contributed by atoms with Gasteiger partial charge in [0.25, 0.3) is 5.91 Å². The third kappa shape index (κ3) is 2.67. The molecule has 0 spiro atoms. The number of anilines is 1. The molecule has 1 atom stereocenters. The number of primary amides is 1. The highest BCUT2D eigenvalue weighted by Gasteiger charge is 2.26. The highest BCUT2D eigenvalue weighted by molar-refractivity contribution is 5.98.